The molecule has 0 radical (unpaired) electrons. The third kappa shape index (κ3) is 13.6. The van der Waals surface area contributed by atoms with Crippen molar-refractivity contribution in [3.05, 3.63) is 64.7 Å². The number of thioether (sulfide) groups is 1. The van der Waals surface area contributed by atoms with Crippen LogP contribution in [-0.2, 0) is 43.4 Å². The van der Waals surface area contributed by atoms with Gasteiger partial charge in [-0.05, 0) is 56.5 Å². The highest BCUT2D eigenvalue weighted by Gasteiger charge is 2.37. The number of hydrogen-bond acceptors (Lipinski definition) is 12. The van der Waals surface area contributed by atoms with Crippen LogP contribution in [0.3, 0.4) is 0 Å². The van der Waals surface area contributed by atoms with Crippen molar-refractivity contribution in [1.29, 1.82) is 0 Å². The predicted molar refractivity (Wildman–Crippen MR) is 198 cm³/mol. The quantitative estimate of drug-likeness (QED) is 0.0627. The van der Waals surface area contributed by atoms with E-state index in [-0.39, 0.29) is 61.4 Å². The second-order valence-electron chi connectivity index (χ2n) is 12.4. The maximum atomic E-state index is 13.9. The van der Waals surface area contributed by atoms with Crippen molar-refractivity contribution in [3.8, 4) is 0 Å². The molecular weight excluding hydrogens is 692 g/mol. The number of esters is 3. The molecule has 0 amide bonds. The van der Waals surface area contributed by atoms with E-state index < -0.39 is 36.2 Å². The molecule has 0 N–H and O–H groups in total. The summed E-state index contributed by atoms with van der Waals surface area (Å²) in [6.45, 7) is 12.4. The Hall–Kier alpha value is -2.24. The molecule has 0 spiro atoms. The molecule has 2 aromatic carbocycles. The van der Waals surface area contributed by atoms with E-state index in [1.54, 1.807) is 69.8 Å². The minimum absolute atomic E-state index is 0.101. The second-order valence-corrected chi connectivity index (χ2v) is 17.9. The number of hydrogen-bond donors (Lipinski definition) is 2. The Labute approximate surface area is 300 Å². The zero-order valence-electron chi connectivity index (χ0n) is 28.9. The molecule has 0 saturated carbocycles. The summed E-state index contributed by atoms with van der Waals surface area (Å²) < 4.78 is 35.9. The van der Waals surface area contributed by atoms with E-state index in [0.717, 1.165) is 5.56 Å². The van der Waals surface area contributed by atoms with E-state index in [2.05, 4.69) is 25.3 Å². The zero-order chi connectivity index (χ0) is 36.1. The average Bonchev–Trinajstić information content (AvgIpc) is 3.00. The Kier molecular flexibility index (Phi) is 17.3. The molecule has 4 atom stereocenters. The van der Waals surface area contributed by atoms with E-state index in [9.17, 15) is 23.7 Å². The monoisotopic (exact) mass is 740 g/mol. The Morgan fingerprint density at radius 2 is 1.27 bits per heavy atom. The van der Waals surface area contributed by atoms with E-state index in [1.165, 1.54) is 0 Å². The van der Waals surface area contributed by atoms with Gasteiger partial charge >= 0.3 is 25.3 Å². The molecule has 0 fully saturated rings. The van der Waals surface area contributed by atoms with E-state index >= 15 is 0 Å². The summed E-state index contributed by atoms with van der Waals surface area (Å²) in [5, 5.41) is -0.0969. The molecule has 0 aliphatic heterocycles. The number of rotatable bonds is 20. The SMILES string of the molecule is CCOP(=O)(C(=O)c1c(C)cc(CSC(C)CC(=O)OCC(C)(COC(=O)CC(C)S)COC(=O)CC(C)S)cc1C)c1ccccc1. The summed E-state index contributed by atoms with van der Waals surface area (Å²) in [4.78, 5) is 50.8. The Bertz CT molecular complexity index is 1400. The smallest absolute Gasteiger partial charge is 0.306 e. The Balaban J connectivity index is 2.03. The molecule has 0 bridgehead atoms. The van der Waals surface area contributed by atoms with Crippen LogP contribution >= 0.6 is 44.4 Å². The molecule has 48 heavy (non-hydrogen) atoms. The number of aryl methyl sites for hydroxylation is 2. The van der Waals surface area contributed by atoms with Crippen molar-refractivity contribution in [2.75, 3.05) is 26.4 Å². The molecule has 2 rings (SSSR count). The molecule has 2 aromatic rings. The van der Waals surface area contributed by atoms with Crippen molar-refractivity contribution < 1.29 is 42.5 Å². The Morgan fingerprint density at radius 3 is 1.71 bits per heavy atom. The molecule has 0 aliphatic rings. The molecule has 9 nitrogen and oxygen atoms in total. The normalized spacial score (nSPS) is 15.7. The first-order chi connectivity index (χ1) is 22.5. The van der Waals surface area contributed by atoms with Crippen LogP contribution in [0.4, 0.5) is 0 Å². The summed E-state index contributed by atoms with van der Waals surface area (Å²) in [5.74, 6) is -0.758. The van der Waals surface area contributed by atoms with Gasteiger partial charge in [-0.2, -0.15) is 37.0 Å². The zero-order valence-corrected chi connectivity index (χ0v) is 32.4. The highest BCUT2D eigenvalue weighted by atomic mass is 32.2. The van der Waals surface area contributed by atoms with Gasteiger partial charge in [0, 0.05) is 32.4 Å². The van der Waals surface area contributed by atoms with Crippen molar-refractivity contribution >= 4 is 73.1 Å². The molecule has 0 aromatic heterocycles. The van der Waals surface area contributed by atoms with Gasteiger partial charge in [0.05, 0.1) is 31.3 Å². The number of ether oxygens (including phenoxy) is 3. The first kappa shape index (κ1) is 41.9. The topological polar surface area (TPSA) is 122 Å². The highest BCUT2D eigenvalue weighted by Crippen LogP contribution is 2.50. The van der Waals surface area contributed by atoms with Gasteiger partial charge in [0.2, 0.25) is 0 Å². The van der Waals surface area contributed by atoms with Gasteiger partial charge in [0.15, 0.2) is 0 Å². The second kappa shape index (κ2) is 19.8. The lowest BCUT2D eigenvalue weighted by molar-refractivity contribution is -0.160. The van der Waals surface area contributed by atoms with E-state index in [0.29, 0.717) is 27.7 Å². The highest BCUT2D eigenvalue weighted by molar-refractivity contribution is 7.99. The minimum atomic E-state index is -3.80. The third-order valence-electron chi connectivity index (χ3n) is 7.14. The fourth-order valence-corrected chi connectivity index (χ4v) is 8.03. The van der Waals surface area contributed by atoms with Gasteiger partial charge in [-0.1, -0.05) is 51.1 Å². The van der Waals surface area contributed by atoms with Gasteiger partial charge in [0.25, 0.3) is 5.52 Å². The van der Waals surface area contributed by atoms with Crippen LogP contribution in [0.25, 0.3) is 0 Å². The fourth-order valence-electron chi connectivity index (χ4n) is 4.76. The van der Waals surface area contributed by atoms with Crippen LogP contribution in [-0.4, -0.2) is 65.6 Å². The van der Waals surface area contributed by atoms with Crippen molar-refractivity contribution in [3.63, 3.8) is 0 Å². The lowest BCUT2D eigenvalue weighted by Crippen LogP contribution is -2.37. The van der Waals surface area contributed by atoms with E-state index in [4.69, 9.17) is 18.7 Å². The van der Waals surface area contributed by atoms with Gasteiger partial charge in [-0.25, -0.2) is 0 Å². The minimum Gasteiger partial charge on any atom is -0.465 e. The van der Waals surface area contributed by atoms with Gasteiger partial charge in [0.1, 0.15) is 19.8 Å². The molecule has 4 unspecified atom stereocenters. The summed E-state index contributed by atoms with van der Waals surface area (Å²) >= 11 is 9.99. The van der Waals surface area contributed by atoms with Gasteiger partial charge < -0.3 is 18.7 Å². The average molecular weight is 741 g/mol. The molecule has 13 heteroatoms. The van der Waals surface area contributed by atoms with Crippen LogP contribution in [0.5, 0.6) is 0 Å². The number of thiol groups is 2. The van der Waals surface area contributed by atoms with Crippen LogP contribution in [0.15, 0.2) is 42.5 Å². The van der Waals surface area contributed by atoms with Gasteiger partial charge in [-0.3, -0.25) is 23.7 Å². The summed E-state index contributed by atoms with van der Waals surface area (Å²) in [6.07, 6.45) is 0.354. The van der Waals surface area contributed by atoms with Crippen molar-refractivity contribution in [1.82, 2.24) is 0 Å². The van der Waals surface area contributed by atoms with Crippen LogP contribution in [0, 0.1) is 19.3 Å². The predicted octanol–water partition coefficient (Wildman–Crippen LogP) is 7.15. The molecular formula is C35H49O9PS3. The molecule has 0 heterocycles. The van der Waals surface area contributed by atoms with Gasteiger partial charge in [-0.15, -0.1) is 0 Å². The maximum absolute atomic E-state index is 13.9. The lowest BCUT2D eigenvalue weighted by atomic mass is 9.94. The third-order valence-corrected chi connectivity index (χ3v) is 11.1. The summed E-state index contributed by atoms with van der Waals surface area (Å²) in [7, 11) is -3.80. The van der Waals surface area contributed by atoms with Crippen LogP contribution < -0.4 is 5.30 Å². The standard InChI is InChI=1S/C35H49O9PS3/c1-8-44-45(40,29-12-10-9-11-13-29)34(39)33-23(2)14-28(15-24(33)3)19-48-27(6)18-32(38)43-22-35(7,20-41-30(36)16-25(4)46)21-42-31(37)17-26(5)47/h9-15,25-27,46-47H,8,16-22H2,1-7H3. The number of carbonyl (C=O) groups is 4. The first-order valence-corrected chi connectivity index (χ1v) is 19.6. The summed E-state index contributed by atoms with van der Waals surface area (Å²) in [5.41, 5.74) is 1.28. The molecule has 0 saturated heterocycles. The van der Waals surface area contributed by atoms with Crippen molar-refractivity contribution in [2.24, 2.45) is 5.41 Å². The number of carbonyl (C=O) groups excluding carboxylic acids is 4. The number of benzene rings is 2. The molecule has 0 aliphatic carbocycles. The largest absolute Gasteiger partial charge is 0.465 e. The van der Waals surface area contributed by atoms with E-state index in [1.807, 2.05) is 32.9 Å². The Morgan fingerprint density at radius 1 is 0.812 bits per heavy atom. The fraction of sp³-hybridized carbons (Fsp3) is 0.543. The van der Waals surface area contributed by atoms with Crippen molar-refractivity contribution in [2.45, 2.75) is 89.2 Å². The van der Waals surface area contributed by atoms with Crippen LogP contribution in [0.2, 0.25) is 0 Å². The summed E-state index contributed by atoms with van der Waals surface area (Å²) in [6, 6.07) is 12.4. The molecule has 266 valence electrons. The maximum Gasteiger partial charge on any atom is 0.306 e. The lowest BCUT2D eigenvalue weighted by Gasteiger charge is -2.28. The van der Waals surface area contributed by atoms with Crippen LogP contribution in [0.1, 0.15) is 80.9 Å². The first-order valence-electron chi connectivity index (χ1n) is 15.9.